The molecule has 1 heterocycles. The van der Waals surface area contributed by atoms with Gasteiger partial charge in [0.1, 0.15) is 10.7 Å². The first kappa shape index (κ1) is 22.3. The van der Waals surface area contributed by atoms with Crippen LogP contribution < -0.4 is 15.5 Å². The molecule has 0 radical (unpaired) electrons. The number of hydrogen-bond donors (Lipinski definition) is 2. The first-order chi connectivity index (χ1) is 15.7. The van der Waals surface area contributed by atoms with E-state index < -0.39 is 11.8 Å². The van der Waals surface area contributed by atoms with E-state index in [1.165, 1.54) is 0 Å². The van der Waals surface area contributed by atoms with Crippen LogP contribution in [-0.2, 0) is 9.59 Å². The van der Waals surface area contributed by atoms with Gasteiger partial charge in [0.25, 0.3) is 17.7 Å². The summed E-state index contributed by atoms with van der Waals surface area (Å²) in [6.45, 7) is 5.69. The maximum absolute atomic E-state index is 13.0. The molecule has 0 fully saturated rings. The second kappa shape index (κ2) is 8.92. The van der Waals surface area contributed by atoms with Crippen molar-refractivity contribution in [3.63, 3.8) is 0 Å². The average molecular weight is 460 g/mol. The molecule has 0 spiro atoms. The van der Waals surface area contributed by atoms with Gasteiger partial charge in [-0.2, -0.15) is 0 Å². The molecule has 7 heteroatoms. The number of nitrogens with one attached hydrogen (secondary N) is 2. The van der Waals surface area contributed by atoms with Gasteiger partial charge in [-0.3, -0.25) is 14.4 Å². The molecule has 0 saturated heterocycles. The van der Waals surface area contributed by atoms with E-state index in [1.54, 1.807) is 30.3 Å². The second-order valence-electron chi connectivity index (χ2n) is 7.95. The van der Waals surface area contributed by atoms with E-state index in [2.05, 4.69) is 10.6 Å². The highest BCUT2D eigenvalue weighted by Crippen LogP contribution is 2.32. The summed E-state index contributed by atoms with van der Waals surface area (Å²) in [5.74, 6) is -1.36. The minimum atomic E-state index is -0.577. The lowest BCUT2D eigenvalue weighted by molar-refractivity contribution is -0.120. The number of halogens is 1. The molecule has 0 unspecified atom stereocenters. The molecule has 3 aromatic carbocycles. The fourth-order valence-electron chi connectivity index (χ4n) is 3.48. The number of amides is 3. The largest absolute Gasteiger partial charge is 0.350 e. The Morgan fingerprint density at radius 2 is 1.39 bits per heavy atom. The van der Waals surface area contributed by atoms with Gasteiger partial charge in [-0.25, -0.2) is 4.90 Å². The summed E-state index contributed by atoms with van der Waals surface area (Å²) in [7, 11) is 0. The van der Waals surface area contributed by atoms with Gasteiger partial charge in [0, 0.05) is 16.9 Å². The van der Waals surface area contributed by atoms with Crippen molar-refractivity contribution in [1.82, 2.24) is 0 Å². The van der Waals surface area contributed by atoms with E-state index in [-0.39, 0.29) is 16.6 Å². The average Bonchev–Trinajstić information content (AvgIpc) is 3.00. The highest BCUT2D eigenvalue weighted by molar-refractivity contribution is 6.53. The summed E-state index contributed by atoms with van der Waals surface area (Å²) in [6, 6.07) is 19.6. The zero-order valence-corrected chi connectivity index (χ0v) is 19.2. The Bertz CT molecular complexity index is 1300. The Kier molecular flexibility index (Phi) is 6.03. The number of rotatable bonds is 5. The molecule has 3 aromatic rings. The Balaban J connectivity index is 1.50. The number of benzene rings is 3. The summed E-state index contributed by atoms with van der Waals surface area (Å²) >= 11 is 6.23. The van der Waals surface area contributed by atoms with E-state index in [9.17, 15) is 14.4 Å². The zero-order chi connectivity index (χ0) is 23.7. The fraction of sp³-hybridized carbons (Fsp3) is 0.115. The lowest BCUT2D eigenvalue weighted by Crippen LogP contribution is -2.32. The van der Waals surface area contributed by atoms with Crippen LogP contribution in [0.1, 0.15) is 27.0 Å². The Labute approximate surface area is 196 Å². The van der Waals surface area contributed by atoms with Crippen LogP contribution in [0.2, 0.25) is 0 Å². The van der Waals surface area contributed by atoms with Gasteiger partial charge in [-0.05, 0) is 74.4 Å². The third kappa shape index (κ3) is 4.52. The lowest BCUT2D eigenvalue weighted by atomic mass is 10.1. The predicted octanol–water partition coefficient (Wildman–Crippen LogP) is 5.30. The number of hydrogen-bond acceptors (Lipinski definition) is 4. The van der Waals surface area contributed by atoms with Gasteiger partial charge in [0.15, 0.2) is 0 Å². The standard InChI is InChI=1S/C26H22ClN3O3/c1-15-5-10-20(11-6-15)29-24(31)18-8-12-19(13-9-18)28-23-22(27)25(32)30(26(23)33)21-14-16(2)4-7-17(21)3/h4-14,28H,1-3H3,(H,29,31). The van der Waals surface area contributed by atoms with Gasteiger partial charge < -0.3 is 10.6 Å². The second-order valence-corrected chi connectivity index (χ2v) is 8.33. The summed E-state index contributed by atoms with van der Waals surface area (Å²) in [5, 5.41) is 5.59. The van der Waals surface area contributed by atoms with Gasteiger partial charge in [-0.15, -0.1) is 0 Å². The summed E-state index contributed by atoms with van der Waals surface area (Å²) in [6.07, 6.45) is 0. The van der Waals surface area contributed by atoms with Crippen molar-refractivity contribution in [2.45, 2.75) is 20.8 Å². The molecule has 1 aliphatic heterocycles. The van der Waals surface area contributed by atoms with Crippen molar-refractivity contribution in [1.29, 1.82) is 0 Å². The highest BCUT2D eigenvalue weighted by Gasteiger charge is 2.39. The third-order valence-corrected chi connectivity index (χ3v) is 5.71. The lowest BCUT2D eigenvalue weighted by Gasteiger charge is -2.18. The monoisotopic (exact) mass is 459 g/mol. The van der Waals surface area contributed by atoms with Gasteiger partial charge in [0.05, 0.1) is 5.69 Å². The fourth-order valence-corrected chi connectivity index (χ4v) is 3.69. The number of anilines is 3. The van der Waals surface area contributed by atoms with E-state index >= 15 is 0 Å². The van der Waals surface area contributed by atoms with Crippen LogP contribution in [0.25, 0.3) is 0 Å². The molecule has 2 N–H and O–H groups in total. The summed E-state index contributed by atoms with van der Waals surface area (Å²) < 4.78 is 0. The normalized spacial score (nSPS) is 13.5. The van der Waals surface area contributed by atoms with Gasteiger partial charge in [0.2, 0.25) is 0 Å². The van der Waals surface area contributed by atoms with Gasteiger partial charge in [-0.1, -0.05) is 41.4 Å². The van der Waals surface area contributed by atoms with Crippen LogP contribution in [0, 0.1) is 20.8 Å². The SMILES string of the molecule is Cc1ccc(NC(=O)c2ccc(NC3=C(Cl)C(=O)N(c4cc(C)ccc4C)C3=O)cc2)cc1. The molecule has 33 heavy (non-hydrogen) atoms. The Hall–Kier alpha value is -3.90. The number of imide groups is 1. The van der Waals surface area contributed by atoms with Crippen molar-refractivity contribution < 1.29 is 14.4 Å². The molecule has 4 rings (SSSR count). The van der Waals surface area contributed by atoms with Crippen molar-refractivity contribution in [2.75, 3.05) is 15.5 Å². The van der Waals surface area contributed by atoms with E-state index in [0.29, 0.717) is 22.6 Å². The van der Waals surface area contributed by atoms with Crippen molar-refractivity contribution in [3.05, 3.63) is 99.7 Å². The number of carbonyl (C=O) groups excluding carboxylic acids is 3. The van der Waals surface area contributed by atoms with Crippen molar-refractivity contribution >= 4 is 46.4 Å². The van der Waals surface area contributed by atoms with Crippen LogP contribution in [0.3, 0.4) is 0 Å². The topological polar surface area (TPSA) is 78.5 Å². The van der Waals surface area contributed by atoms with Crippen molar-refractivity contribution in [3.8, 4) is 0 Å². The third-order valence-electron chi connectivity index (χ3n) is 5.36. The Morgan fingerprint density at radius 1 is 0.788 bits per heavy atom. The molecular weight excluding hydrogens is 438 g/mol. The number of carbonyl (C=O) groups is 3. The Morgan fingerprint density at radius 3 is 2.06 bits per heavy atom. The van der Waals surface area contributed by atoms with E-state index in [4.69, 9.17) is 11.6 Å². The molecule has 0 atom stereocenters. The van der Waals surface area contributed by atoms with Crippen LogP contribution in [0.5, 0.6) is 0 Å². The number of nitrogens with zero attached hydrogens (tertiary/aromatic N) is 1. The van der Waals surface area contributed by atoms with Crippen LogP contribution in [0.15, 0.2) is 77.5 Å². The zero-order valence-electron chi connectivity index (χ0n) is 18.4. The van der Waals surface area contributed by atoms with Crippen LogP contribution >= 0.6 is 11.6 Å². The minimum absolute atomic E-state index is 0.000528. The predicted molar refractivity (Wildman–Crippen MR) is 130 cm³/mol. The molecule has 166 valence electrons. The molecule has 1 aliphatic rings. The molecule has 6 nitrogen and oxygen atoms in total. The highest BCUT2D eigenvalue weighted by atomic mass is 35.5. The van der Waals surface area contributed by atoms with E-state index in [1.807, 2.05) is 57.2 Å². The molecule has 0 aromatic heterocycles. The first-order valence-corrected chi connectivity index (χ1v) is 10.7. The maximum Gasteiger partial charge on any atom is 0.283 e. The molecule has 0 aliphatic carbocycles. The quantitative estimate of drug-likeness (QED) is 0.507. The summed E-state index contributed by atoms with van der Waals surface area (Å²) in [5.41, 5.74) is 5.00. The maximum atomic E-state index is 13.0. The van der Waals surface area contributed by atoms with Crippen molar-refractivity contribution in [2.24, 2.45) is 0 Å². The molecular formula is C26H22ClN3O3. The van der Waals surface area contributed by atoms with E-state index in [0.717, 1.165) is 21.6 Å². The molecule has 3 amide bonds. The summed E-state index contributed by atoms with van der Waals surface area (Å²) in [4.78, 5) is 39.3. The van der Waals surface area contributed by atoms with Crippen LogP contribution in [-0.4, -0.2) is 17.7 Å². The molecule has 0 saturated carbocycles. The minimum Gasteiger partial charge on any atom is -0.350 e. The smallest absolute Gasteiger partial charge is 0.283 e. The molecule has 0 bridgehead atoms. The van der Waals surface area contributed by atoms with Gasteiger partial charge >= 0.3 is 0 Å². The first-order valence-electron chi connectivity index (χ1n) is 10.4. The number of aryl methyl sites for hydroxylation is 3. The van der Waals surface area contributed by atoms with Crippen LogP contribution in [0.4, 0.5) is 17.1 Å².